The van der Waals surface area contributed by atoms with Gasteiger partial charge < -0.3 is 9.47 Å². The third-order valence-electron chi connectivity index (χ3n) is 2.92. The smallest absolute Gasteiger partial charge is 0.189 e. The molecule has 0 atom stereocenters. The fraction of sp³-hybridized carbons (Fsp3) is 0.357. The Kier molecular flexibility index (Phi) is 2.92. The molecular weight excluding hydrogens is 214 g/mol. The Labute approximate surface area is 100 Å². The zero-order valence-corrected chi connectivity index (χ0v) is 9.63. The van der Waals surface area contributed by atoms with Crippen molar-refractivity contribution in [3.05, 3.63) is 36.5 Å². The minimum Gasteiger partial charge on any atom is -0.466 e. The average molecular weight is 229 g/mol. The van der Waals surface area contributed by atoms with Crippen LogP contribution >= 0.6 is 0 Å². The van der Waals surface area contributed by atoms with Crippen LogP contribution in [-0.2, 0) is 4.74 Å². The number of benzene rings is 1. The van der Waals surface area contributed by atoms with Crippen molar-refractivity contribution >= 4 is 10.9 Å². The summed E-state index contributed by atoms with van der Waals surface area (Å²) in [5.74, 6) is 1.54. The highest BCUT2D eigenvalue weighted by molar-refractivity contribution is 5.79. The number of hydrogen-bond acceptors (Lipinski definition) is 3. The molecule has 0 unspecified atom stereocenters. The molecule has 1 aliphatic rings. The number of pyridine rings is 1. The maximum absolute atomic E-state index is 5.51. The first-order valence-electron chi connectivity index (χ1n) is 5.97. The van der Waals surface area contributed by atoms with Gasteiger partial charge >= 0.3 is 0 Å². The van der Waals surface area contributed by atoms with E-state index < -0.39 is 0 Å². The fourth-order valence-corrected chi connectivity index (χ4v) is 1.74. The van der Waals surface area contributed by atoms with Crippen LogP contribution in [-0.4, -0.2) is 18.4 Å². The van der Waals surface area contributed by atoms with Gasteiger partial charge in [-0.15, -0.1) is 0 Å². The van der Waals surface area contributed by atoms with Gasteiger partial charge in [0.1, 0.15) is 5.75 Å². The summed E-state index contributed by atoms with van der Waals surface area (Å²) in [5, 5.41) is 1.09. The van der Waals surface area contributed by atoms with Crippen LogP contribution in [0, 0.1) is 5.92 Å². The maximum atomic E-state index is 5.51. The number of nitrogens with zero attached hydrogens (tertiary/aromatic N) is 1. The number of fused-ring (bicyclic) bond motifs is 1. The van der Waals surface area contributed by atoms with E-state index in [1.807, 2.05) is 30.3 Å². The molecule has 1 fully saturated rings. The Morgan fingerprint density at radius 1 is 1.24 bits per heavy atom. The maximum Gasteiger partial charge on any atom is 0.189 e. The van der Waals surface area contributed by atoms with Gasteiger partial charge in [0.15, 0.2) is 6.79 Å². The molecule has 0 radical (unpaired) electrons. The third-order valence-corrected chi connectivity index (χ3v) is 2.92. The molecule has 88 valence electrons. The number of rotatable bonds is 5. The largest absolute Gasteiger partial charge is 0.466 e. The predicted octanol–water partition coefficient (Wildman–Crippen LogP) is 3.00. The van der Waals surface area contributed by atoms with Crippen molar-refractivity contribution in [2.24, 2.45) is 5.92 Å². The predicted molar refractivity (Wildman–Crippen MR) is 65.9 cm³/mol. The second-order valence-electron chi connectivity index (χ2n) is 4.44. The summed E-state index contributed by atoms with van der Waals surface area (Å²) in [6.45, 7) is 1.14. The van der Waals surface area contributed by atoms with Crippen molar-refractivity contribution in [3.63, 3.8) is 0 Å². The van der Waals surface area contributed by atoms with E-state index in [2.05, 4.69) is 4.98 Å². The Balaban J connectivity index is 1.59. The molecule has 1 saturated carbocycles. The van der Waals surface area contributed by atoms with Crippen LogP contribution in [0.4, 0.5) is 0 Å². The minimum atomic E-state index is 0.316. The zero-order valence-electron chi connectivity index (χ0n) is 9.63. The van der Waals surface area contributed by atoms with Crippen LogP contribution < -0.4 is 4.74 Å². The molecule has 3 rings (SSSR count). The van der Waals surface area contributed by atoms with Crippen LogP contribution in [0.25, 0.3) is 10.9 Å². The van der Waals surface area contributed by atoms with Gasteiger partial charge in [0.05, 0.1) is 18.3 Å². The molecule has 0 saturated heterocycles. The molecule has 3 nitrogen and oxygen atoms in total. The lowest BCUT2D eigenvalue weighted by atomic mass is 10.2. The van der Waals surface area contributed by atoms with Crippen LogP contribution in [0.2, 0.25) is 0 Å². The van der Waals surface area contributed by atoms with Gasteiger partial charge in [0.2, 0.25) is 0 Å². The first-order chi connectivity index (χ1) is 8.42. The first-order valence-corrected chi connectivity index (χ1v) is 5.97. The summed E-state index contributed by atoms with van der Waals surface area (Å²) in [4.78, 5) is 4.33. The van der Waals surface area contributed by atoms with E-state index in [1.165, 1.54) is 12.8 Å². The second kappa shape index (κ2) is 4.72. The lowest BCUT2D eigenvalue weighted by Crippen LogP contribution is -2.05. The van der Waals surface area contributed by atoms with Crippen molar-refractivity contribution in [2.75, 3.05) is 13.4 Å². The number of para-hydroxylation sites is 1. The van der Waals surface area contributed by atoms with Crippen LogP contribution in [0.3, 0.4) is 0 Å². The van der Waals surface area contributed by atoms with Crippen molar-refractivity contribution in [3.8, 4) is 5.75 Å². The molecule has 0 bridgehead atoms. The Morgan fingerprint density at radius 3 is 3.00 bits per heavy atom. The molecule has 0 N–H and O–H groups in total. The first kappa shape index (κ1) is 10.5. The Hall–Kier alpha value is -1.61. The van der Waals surface area contributed by atoms with Crippen LogP contribution in [0.15, 0.2) is 36.5 Å². The average Bonchev–Trinajstić information content (AvgIpc) is 3.18. The summed E-state index contributed by atoms with van der Waals surface area (Å²) in [6, 6.07) is 9.98. The highest BCUT2D eigenvalue weighted by Crippen LogP contribution is 2.28. The van der Waals surface area contributed by atoms with E-state index in [9.17, 15) is 0 Å². The van der Waals surface area contributed by atoms with Crippen molar-refractivity contribution in [1.82, 2.24) is 4.98 Å². The normalized spacial score (nSPS) is 15.1. The number of hydrogen-bond donors (Lipinski definition) is 0. The quantitative estimate of drug-likeness (QED) is 0.583. The van der Waals surface area contributed by atoms with Crippen LogP contribution in [0.5, 0.6) is 5.75 Å². The van der Waals surface area contributed by atoms with Crippen molar-refractivity contribution in [1.29, 1.82) is 0 Å². The fourth-order valence-electron chi connectivity index (χ4n) is 1.74. The molecule has 2 aromatic rings. The summed E-state index contributed by atoms with van der Waals surface area (Å²) < 4.78 is 10.9. The highest BCUT2D eigenvalue weighted by Gasteiger charge is 2.21. The van der Waals surface area contributed by atoms with Gasteiger partial charge in [-0.2, -0.15) is 0 Å². The summed E-state index contributed by atoms with van der Waals surface area (Å²) in [7, 11) is 0. The van der Waals surface area contributed by atoms with E-state index >= 15 is 0 Å². The van der Waals surface area contributed by atoms with Gasteiger partial charge in [-0.25, -0.2) is 0 Å². The summed E-state index contributed by atoms with van der Waals surface area (Å²) in [5.41, 5.74) is 0.985. The van der Waals surface area contributed by atoms with Gasteiger partial charge in [0, 0.05) is 5.39 Å². The Morgan fingerprint density at radius 2 is 2.12 bits per heavy atom. The van der Waals surface area contributed by atoms with Crippen molar-refractivity contribution < 1.29 is 9.47 Å². The van der Waals surface area contributed by atoms with Crippen LogP contribution in [0.1, 0.15) is 12.8 Å². The number of ether oxygens (including phenoxy) is 2. The monoisotopic (exact) mass is 229 g/mol. The summed E-state index contributed by atoms with van der Waals surface area (Å²) >= 11 is 0. The van der Waals surface area contributed by atoms with Gasteiger partial charge in [-0.1, -0.05) is 18.2 Å². The number of aromatic nitrogens is 1. The molecule has 1 aliphatic carbocycles. The molecule has 17 heavy (non-hydrogen) atoms. The van der Waals surface area contributed by atoms with Gasteiger partial charge in [-0.3, -0.25) is 4.98 Å². The molecule has 3 heteroatoms. The standard InChI is InChI=1S/C14H15NO2/c1-2-4-14-12(3-1)7-13(8-15-14)17-10-16-9-11-5-6-11/h1-4,7-8,11H,5-6,9-10H2. The topological polar surface area (TPSA) is 31.4 Å². The minimum absolute atomic E-state index is 0.316. The molecule has 1 aromatic heterocycles. The Bertz CT molecular complexity index is 508. The van der Waals surface area contributed by atoms with Crippen molar-refractivity contribution in [2.45, 2.75) is 12.8 Å². The second-order valence-corrected chi connectivity index (χ2v) is 4.44. The zero-order chi connectivity index (χ0) is 11.5. The molecular formula is C14H15NO2. The summed E-state index contributed by atoms with van der Waals surface area (Å²) in [6.07, 6.45) is 4.35. The molecule has 1 heterocycles. The van der Waals surface area contributed by atoms with Gasteiger partial charge in [-0.05, 0) is 30.9 Å². The van der Waals surface area contributed by atoms with Gasteiger partial charge in [0.25, 0.3) is 0 Å². The highest BCUT2D eigenvalue weighted by atomic mass is 16.7. The molecule has 0 spiro atoms. The molecule has 0 amide bonds. The van der Waals surface area contributed by atoms with E-state index in [0.29, 0.717) is 6.79 Å². The lowest BCUT2D eigenvalue weighted by Gasteiger charge is -2.07. The van der Waals surface area contributed by atoms with E-state index in [1.54, 1.807) is 6.20 Å². The van der Waals surface area contributed by atoms with E-state index in [4.69, 9.17) is 9.47 Å². The lowest BCUT2D eigenvalue weighted by molar-refractivity contribution is 0.00988. The third kappa shape index (κ3) is 2.74. The SMILES string of the molecule is c1ccc2ncc(OCOCC3CC3)cc2c1. The van der Waals surface area contributed by atoms with E-state index in [-0.39, 0.29) is 0 Å². The molecule has 0 aliphatic heterocycles. The molecule has 1 aromatic carbocycles. The van der Waals surface area contributed by atoms with E-state index in [0.717, 1.165) is 29.2 Å².